The molecule has 1 aromatic rings. The van der Waals surface area contributed by atoms with Crippen LogP contribution in [0.2, 0.25) is 0 Å². The molecule has 0 unspecified atom stereocenters. The van der Waals surface area contributed by atoms with Crippen LogP contribution in [0.4, 0.5) is 0 Å². The first-order valence-electron chi connectivity index (χ1n) is 5.77. The van der Waals surface area contributed by atoms with Crippen molar-refractivity contribution in [2.24, 2.45) is 0 Å². The molecule has 0 aromatic carbocycles. The lowest BCUT2D eigenvalue weighted by atomic mass is 10.2. The van der Waals surface area contributed by atoms with Gasteiger partial charge in [-0.15, -0.1) is 0 Å². The first-order chi connectivity index (χ1) is 8.36. The quantitative estimate of drug-likeness (QED) is 0.876. The Hall–Kier alpha value is -1.30. The zero-order chi connectivity index (χ0) is 13.9. The number of amides is 1. The SMILES string of the molecule is CC[C@H](NC(=O)c1cc(Br)cn1C(C)C)C(=O)O. The third-order valence-corrected chi connectivity index (χ3v) is 3.05. The summed E-state index contributed by atoms with van der Waals surface area (Å²) >= 11 is 3.31. The number of carboxylic acid groups (broad SMARTS) is 1. The number of hydrogen-bond acceptors (Lipinski definition) is 2. The summed E-state index contributed by atoms with van der Waals surface area (Å²) in [7, 11) is 0. The highest BCUT2D eigenvalue weighted by molar-refractivity contribution is 9.10. The lowest BCUT2D eigenvalue weighted by Crippen LogP contribution is -2.41. The fourth-order valence-corrected chi connectivity index (χ4v) is 2.06. The maximum absolute atomic E-state index is 12.0. The molecule has 1 aromatic heterocycles. The molecule has 0 aliphatic carbocycles. The predicted octanol–water partition coefficient (Wildman–Crippen LogP) is 2.42. The summed E-state index contributed by atoms with van der Waals surface area (Å²) in [6.45, 7) is 5.63. The first-order valence-corrected chi connectivity index (χ1v) is 6.57. The van der Waals surface area contributed by atoms with Gasteiger partial charge in [0.1, 0.15) is 11.7 Å². The first kappa shape index (κ1) is 14.8. The molecule has 0 fully saturated rings. The van der Waals surface area contributed by atoms with Gasteiger partial charge in [-0.25, -0.2) is 4.79 Å². The van der Waals surface area contributed by atoms with Gasteiger partial charge in [-0.1, -0.05) is 6.92 Å². The van der Waals surface area contributed by atoms with Gasteiger partial charge >= 0.3 is 5.97 Å². The summed E-state index contributed by atoms with van der Waals surface area (Å²) in [6, 6.07) is 0.956. The molecular formula is C12H17BrN2O3. The minimum Gasteiger partial charge on any atom is -0.480 e. The average Bonchev–Trinajstić information content (AvgIpc) is 2.67. The molecule has 1 rings (SSSR count). The van der Waals surface area contributed by atoms with Crippen molar-refractivity contribution in [1.82, 2.24) is 9.88 Å². The van der Waals surface area contributed by atoms with Crippen LogP contribution >= 0.6 is 15.9 Å². The fraction of sp³-hybridized carbons (Fsp3) is 0.500. The molecular weight excluding hydrogens is 300 g/mol. The van der Waals surface area contributed by atoms with Crippen LogP contribution < -0.4 is 5.32 Å². The molecule has 18 heavy (non-hydrogen) atoms. The molecule has 0 saturated carbocycles. The van der Waals surface area contributed by atoms with Crippen molar-refractivity contribution in [1.29, 1.82) is 0 Å². The van der Waals surface area contributed by atoms with Crippen molar-refractivity contribution in [2.75, 3.05) is 0 Å². The number of nitrogens with one attached hydrogen (secondary N) is 1. The van der Waals surface area contributed by atoms with E-state index in [9.17, 15) is 9.59 Å². The van der Waals surface area contributed by atoms with E-state index >= 15 is 0 Å². The fourth-order valence-electron chi connectivity index (χ4n) is 1.63. The molecule has 2 N–H and O–H groups in total. The van der Waals surface area contributed by atoms with E-state index in [1.807, 2.05) is 13.8 Å². The second-order valence-corrected chi connectivity index (χ2v) is 5.23. The second kappa shape index (κ2) is 6.04. The molecule has 1 heterocycles. The van der Waals surface area contributed by atoms with E-state index < -0.39 is 12.0 Å². The molecule has 0 aliphatic heterocycles. The highest BCUT2D eigenvalue weighted by Crippen LogP contribution is 2.19. The van der Waals surface area contributed by atoms with Gasteiger partial charge in [-0.3, -0.25) is 4.79 Å². The van der Waals surface area contributed by atoms with Crippen molar-refractivity contribution in [3.05, 3.63) is 22.4 Å². The van der Waals surface area contributed by atoms with Crippen LogP contribution in [0.1, 0.15) is 43.7 Å². The van der Waals surface area contributed by atoms with Crippen molar-refractivity contribution >= 4 is 27.8 Å². The van der Waals surface area contributed by atoms with Crippen LogP contribution in [-0.4, -0.2) is 27.6 Å². The summed E-state index contributed by atoms with van der Waals surface area (Å²) in [5.41, 5.74) is 0.455. The molecule has 0 spiro atoms. The van der Waals surface area contributed by atoms with E-state index in [0.717, 1.165) is 4.47 Å². The Bertz CT molecular complexity index is 454. The van der Waals surface area contributed by atoms with Crippen LogP contribution in [-0.2, 0) is 4.79 Å². The summed E-state index contributed by atoms with van der Waals surface area (Å²) in [5.74, 6) is -1.39. The summed E-state index contributed by atoms with van der Waals surface area (Å²) in [4.78, 5) is 22.9. The predicted molar refractivity (Wildman–Crippen MR) is 71.7 cm³/mol. The van der Waals surface area contributed by atoms with Crippen molar-refractivity contribution in [3.63, 3.8) is 0 Å². The molecule has 0 radical (unpaired) electrons. The van der Waals surface area contributed by atoms with E-state index in [1.54, 1.807) is 23.8 Å². The van der Waals surface area contributed by atoms with Crippen molar-refractivity contribution in [3.8, 4) is 0 Å². The number of nitrogens with zero attached hydrogens (tertiary/aromatic N) is 1. The Morgan fingerprint density at radius 2 is 2.11 bits per heavy atom. The topological polar surface area (TPSA) is 71.3 Å². The average molecular weight is 317 g/mol. The van der Waals surface area contributed by atoms with Gasteiger partial charge in [0.2, 0.25) is 0 Å². The van der Waals surface area contributed by atoms with Gasteiger partial charge < -0.3 is 15.0 Å². The molecule has 0 bridgehead atoms. The van der Waals surface area contributed by atoms with Crippen molar-refractivity contribution < 1.29 is 14.7 Å². The molecule has 0 saturated heterocycles. The van der Waals surface area contributed by atoms with E-state index in [0.29, 0.717) is 12.1 Å². The number of rotatable bonds is 5. The highest BCUT2D eigenvalue weighted by atomic mass is 79.9. The molecule has 6 heteroatoms. The maximum Gasteiger partial charge on any atom is 0.326 e. The Morgan fingerprint density at radius 1 is 1.50 bits per heavy atom. The summed E-state index contributed by atoms with van der Waals surface area (Å²) in [5, 5.41) is 11.4. The van der Waals surface area contributed by atoms with E-state index in [2.05, 4.69) is 21.2 Å². The van der Waals surface area contributed by atoms with Crippen LogP contribution in [0.3, 0.4) is 0 Å². The number of aliphatic carboxylic acids is 1. The highest BCUT2D eigenvalue weighted by Gasteiger charge is 2.21. The lowest BCUT2D eigenvalue weighted by molar-refractivity contribution is -0.139. The molecule has 5 nitrogen and oxygen atoms in total. The summed E-state index contributed by atoms with van der Waals surface area (Å²) < 4.78 is 2.60. The Kier molecular flexibility index (Phi) is 4.95. The standard InChI is InChI=1S/C12H17BrN2O3/c1-4-9(12(17)18)14-11(16)10-5-8(13)6-15(10)7(2)3/h5-7,9H,4H2,1-3H3,(H,14,16)(H,17,18)/t9-/m0/s1. The number of carboxylic acids is 1. The Morgan fingerprint density at radius 3 is 2.56 bits per heavy atom. The normalized spacial score (nSPS) is 12.5. The van der Waals surface area contributed by atoms with Gasteiger partial charge in [-0.05, 0) is 42.3 Å². The largest absolute Gasteiger partial charge is 0.480 e. The molecule has 1 atom stereocenters. The number of carbonyl (C=O) groups is 2. The monoisotopic (exact) mass is 316 g/mol. The van der Waals surface area contributed by atoms with Crippen LogP contribution in [0, 0.1) is 0 Å². The minimum atomic E-state index is -1.02. The maximum atomic E-state index is 12.0. The Labute approximate surface area is 114 Å². The zero-order valence-corrected chi connectivity index (χ0v) is 12.2. The minimum absolute atomic E-state index is 0.127. The van der Waals surface area contributed by atoms with Crippen LogP contribution in [0.5, 0.6) is 0 Å². The third kappa shape index (κ3) is 3.35. The van der Waals surface area contributed by atoms with Gasteiger partial charge in [0.25, 0.3) is 5.91 Å². The van der Waals surface area contributed by atoms with Gasteiger partial charge in [0, 0.05) is 16.7 Å². The third-order valence-electron chi connectivity index (χ3n) is 2.62. The number of hydrogen-bond donors (Lipinski definition) is 2. The van der Waals surface area contributed by atoms with Gasteiger partial charge in [0.15, 0.2) is 0 Å². The molecule has 100 valence electrons. The summed E-state index contributed by atoms with van der Waals surface area (Å²) in [6.07, 6.45) is 2.16. The number of aromatic nitrogens is 1. The molecule has 0 aliphatic rings. The van der Waals surface area contributed by atoms with Gasteiger partial charge in [-0.2, -0.15) is 0 Å². The Balaban J connectivity index is 2.93. The molecule has 1 amide bonds. The van der Waals surface area contributed by atoms with Crippen LogP contribution in [0.25, 0.3) is 0 Å². The van der Waals surface area contributed by atoms with E-state index in [-0.39, 0.29) is 11.9 Å². The zero-order valence-electron chi connectivity index (χ0n) is 10.6. The second-order valence-electron chi connectivity index (χ2n) is 4.32. The lowest BCUT2D eigenvalue weighted by Gasteiger charge is -2.15. The van der Waals surface area contributed by atoms with Gasteiger partial charge in [0.05, 0.1) is 0 Å². The number of halogens is 1. The van der Waals surface area contributed by atoms with E-state index in [4.69, 9.17) is 5.11 Å². The smallest absolute Gasteiger partial charge is 0.326 e. The van der Waals surface area contributed by atoms with Crippen LogP contribution in [0.15, 0.2) is 16.7 Å². The van der Waals surface area contributed by atoms with Crippen molar-refractivity contribution in [2.45, 2.75) is 39.3 Å². The van der Waals surface area contributed by atoms with E-state index in [1.165, 1.54) is 0 Å². The number of carbonyl (C=O) groups excluding carboxylic acids is 1.